The number of rotatable bonds is 6. The van der Waals surface area contributed by atoms with Crippen molar-refractivity contribution in [3.05, 3.63) is 28.2 Å². The van der Waals surface area contributed by atoms with Crippen LogP contribution in [0.3, 0.4) is 0 Å². The van der Waals surface area contributed by atoms with Gasteiger partial charge in [0.15, 0.2) is 0 Å². The van der Waals surface area contributed by atoms with Gasteiger partial charge in [0.1, 0.15) is 0 Å². The quantitative estimate of drug-likeness (QED) is 0.869. The fourth-order valence-corrected chi connectivity index (χ4v) is 2.40. The van der Waals surface area contributed by atoms with Crippen molar-refractivity contribution < 1.29 is 0 Å². The molecule has 0 aromatic heterocycles. The van der Waals surface area contributed by atoms with Gasteiger partial charge < -0.3 is 10.6 Å². The molecule has 0 heterocycles. The topological polar surface area (TPSA) is 29.3 Å². The summed E-state index contributed by atoms with van der Waals surface area (Å²) in [5.74, 6) is 0. The molecule has 3 heteroatoms. The molecule has 0 spiro atoms. The first-order valence-electron chi connectivity index (χ1n) is 5.96. The monoisotopic (exact) mass is 284 g/mol. The summed E-state index contributed by atoms with van der Waals surface area (Å²) in [6, 6.07) is 6.56. The molecule has 1 aromatic carbocycles. The average Bonchev–Trinajstić information content (AvgIpc) is 2.29. The molecule has 1 rings (SSSR count). The molecule has 0 atom stereocenters. The molecule has 2 N–H and O–H groups in total. The van der Waals surface area contributed by atoms with Crippen molar-refractivity contribution >= 4 is 21.6 Å². The number of hydrogen-bond donors (Lipinski definition) is 1. The summed E-state index contributed by atoms with van der Waals surface area (Å²) < 4.78 is 1.17. The molecule has 0 fully saturated rings. The van der Waals surface area contributed by atoms with Gasteiger partial charge in [-0.3, -0.25) is 0 Å². The molecule has 0 aliphatic heterocycles. The minimum Gasteiger partial charge on any atom is -0.372 e. The highest BCUT2D eigenvalue weighted by molar-refractivity contribution is 9.10. The first-order valence-corrected chi connectivity index (χ1v) is 6.75. The van der Waals surface area contributed by atoms with E-state index < -0.39 is 0 Å². The third-order valence-corrected chi connectivity index (χ3v) is 3.43. The van der Waals surface area contributed by atoms with Crippen molar-refractivity contribution in [1.29, 1.82) is 0 Å². The molecule has 0 unspecified atom stereocenters. The van der Waals surface area contributed by atoms with Crippen LogP contribution in [0.25, 0.3) is 0 Å². The molecule has 90 valence electrons. The van der Waals surface area contributed by atoms with Gasteiger partial charge >= 0.3 is 0 Å². The number of nitrogens with zero attached hydrogens (tertiary/aromatic N) is 1. The normalized spacial score (nSPS) is 10.5. The van der Waals surface area contributed by atoms with E-state index in [9.17, 15) is 0 Å². The Labute approximate surface area is 107 Å². The number of anilines is 1. The predicted octanol–water partition coefficient (Wildman–Crippen LogP) is 3.19. The molecule has 1 aromatic rings. The van der Waals surface area contributed by atoms with Crippen molar-refractivity contribution in [3.63, 3.8) is 0 Å². The van der Waals surface area contributed by atoms with Crippen LogP contribution in [0, 0.1) is 0 Å². The fraction of sp³-hybridized carbons (Fsp3) is 0.538. The lowest BCUT2D eigenvalue weighted by Crippen LogP contribution is -2.23. The van der Waals surface area contributed by atoms with E-state index in [4.69, 9.17) is 5.73 Å². The largest absolute Gasteiger partial charge is 0.372 e. The van der Waals surface area contributed by atoms with E-state index in [0.717, 1.165) is 19.5 Å². The van der Waals surface area contributed by atoms with E-state index in [0.29, 0.717) is 6.54 Å². The van der Waals surface area contributed by atoms with Crippen molar-refractivity contribution in [2.75, 3.05) is 24.5 Å². The molecule has 16 heavy (non-hydrogen) atoms. The Balaban J connectivity index is 2.85. The van der Waals surface area contributed by atoms with Crippen molar-refractivity contribution in [1.82, 2.24) is 0 Å². The van der Waals surface area contributed by atoms with E-state index in [-0.39, 0.29) is 0 Å². The highest BCUT2D eigenvalue weighted by Gasteiger charge is 2.06. The number of nitrogens with two attached hydrogens (primary N) is 1. The summed E-state index contributed by atoms with van der Waals surface area (Å²) in [5.41, 5.74) is 8.15. The van der Waals surface area contributed by atoms with Crippen molar-refractivity contribution in [2.24, 2.45) is 5.73 Å². The van der Waals surface area contributed by atoms with E-state index in [1.807, 2.05) is 0 Å². The van der Waals surface area contributed by atoms with Gasteiger partial charge in [0.05, 0.1) is 0 Å². The SMILES string of the molecule is CCCN(CC)c1ccc(CCN)c(Br)c1. The molecule has 0 aliphatic rings. The lowest BCUT2D eigenvalue weighted by molar-refractivity contribution is 0.791. The Bertz CT molecular complexity index is 326. The summed E-state index contributed by atoms with van der Waals surface area (Å²) in [4.78, 5) is 2.39. The summed E-state index contributed by atoms with van der Waals surface area (Å²) >= 11 is 3.61. The maximum absolute atomic E-state index is 5.57. The van der Waals surface area contributed by atoms with Gasteiger partial charge in [0, 0.05) is 23.2 Å². The Morgan fingerprint density at radius 2 is 2.06 bits per heavy atom. The van der Waals surface area contributed by atoms with Crippen LogP contribution in [-0.2, 0) is 6.42 Å². The lowest BCUT2D eigenvalue weighted by atomic mass is 10.1. The minimum absolute atomic E-state index is 0.699. The Morgan fingerprint density at radius 1 is 1.31 bits per heavy atom. The molecule has 0 aliphatic carbocycles. The van der Waals surface area contributed by atoms with Crippen molar-refractivity contribution in [2.45, 2.75) is 26.7 Å². The smallest absolute Gasteiger partial charge is 0.0377 e. The lowest BCUT2D eigenvalue weighted by Gasteiger charge is -2.23. The second-order valence-electron chi connectivity index (χ2n) is 3.89. The Kier molecular flexibility index (Phi) is 5.85. The van der Waals surface area contributed by atoms with Gasteiger partial charge in [-0.1, -0.05) is 28.9 Å². The highest BCUT2D eigenvalue weighted by Crippen LogP contribution is 2.24. The molecule has 0 radical (unpaired) electrons. The molecule has 0 saturated carbocycles. The number of hydrogen-bond acceptors (Lipinski definition) is 2. The molecule has 0 amide bonds. The summed E-state index contributed by atoms with van der Waals surface area (Å²) in [6.45, 7) is 7.26. The minimum atomic E-state index is 0.699. The van der Waals surface area contributed by atoms with Crippen LogP contribution in [0.15, 0.2) is 22.7 Å². The van der Waals surface area contributed by atoms with Crippen LogP contribution in [0.1, 0.15) is 25.8 Å². The van der Waals surface area contributed by atoms with E-state index in [1.165, 1.54) is 22.1 Å². The van der Waals surface area contributed by atoms with Gasteiger partial charge in [-0.15, -0.1) is 0 Å². The Hall–Kier alpha value is -0.540. The summed E-state index contributed by atoms with van der Waals surface area (Å²) in [6.07, 6.45) is 2.11. The second-order valence-corrected chi connectivity index (χ2v) is 4.75. The summed E-state index contributed by atoms with van der Waals surface area (Å²) in [7, 11) is 0. The first-order chi connectivity index (χ1) is 7.72. The first kappa shape index (κ1) is 13.5. The van der Waals surface area contributed by atoms with Crippen LogP contribution < -0.4 is 10.6 Å². The van der Waals surface area contributed by atoms with E-state index in [1.54, 1.807) is 0 Å². The fourth-order valence-electron chi connectivity index (χ4n) is 1.83. The van der Waals surface area contributed by atoms with Gasteiger partial charge in [-0.05, 0) is 44.0 Å². The highest BCUT2D eigenvalue weighted by atomic mass is 79.9. The number of halogens is 1. The van der Waals surface area contributed by atoms with Gasteiger partial charge in [0.25, 0.3) is 0 Å². The van der Waals surface area contributed by atoms with Gasteiger partial charge in [-0.25, -0.2) is 0 Å². The van der Waals surface area contributed by atoms with Gasteiger partial charge in [-0.2, -0.15) is 0 Å². The zero-order valence-electron chi connectivity index (χ0n) is 10.2. The van der Waals surface area contributed by atoms with Gasteiger partial charge in [0.2, 0.25) is 0 Å². The van der Waals surface area contributed by atoms with E-state index >= 15 is 0 Å². The maximum atomic E-state index is 5.57. The molecule has 2 nitrogen and oxygen atoms in total. The maximum Gasteiger partial charge on any atom is 0.0377 e. The molecular weight excluding hydrogens is 264 g/mol. The number of benzene rings is 1. The van der Waals surface area contributed by atoms with Crippen LogP contribution in [0.5, 0.6) is 0 Å². The van der Waals surface area contributed by atoms with Crippen molar-refractivity contribution in [3.8, 4) is 0 Å². The Morgan fingerprint density at radius 3 is 2.56 bits per heavy atom. The average molecular weight is 285 g/mol. The molecule has 0 saturated heterocycles. The molecule has 0 bridgehead atoms. The zero-order chi connectivity index (χ0) is 12.0. The third-order valence-electron chi connectivity index (χ3n) is 2.69. The zero-order valence-corrected chi connectivity index (χ0v) is 11.8. The van der Waals surface area contributed by atoms with Crippen LogP contribution >= 0.6 is 15.9 Å². The van der Waals surface area contributed by atoms with Crippen LogP contribution in [0.4, 0.5) is 5.69 Å². The second kappa shape index (κ2) is 6.92. The van der Waals surface area contributed by atoms with E-state index in [2.05, 4.69) is 52.9 Å². The third kappa shape index (κ3) is 3.49. The van der Waals surface area contributed by atoms with Crippen LogP contribution in [-0.4, -0.2) is 19.6 Å². The summed E-state index contributed by atoms with van der Waals surface area (Å²) in [5, 5.41) is 0. The molecular formula is C13H21BrN2. The standard InChI is InChI=1S/C13H21BrN2/c1-3-9-16(4-2)12-6-5-11(7-8-15)13(14)10-12/h5-6,10H,3-4,7-9,15H2,1-2H3. The van der Waals surface area contributed by atoms with Crippen LogP contribution in [0.2, 0.25) is 0 Å². The predicted molar refractivity (Wildman–Crippen MR) is 75.1 cm³/mol.